The molecule has 0 aliphatic heterocycles. The third kappa shape index (κ3) is 5.56. The van der Waals surface area contributed by atoms with Crippen LogP contribution in [-0.2, 0) is 18.5 Å². The zero-order valence-electron chi connectivity index (χ0n) is 28.1. The van der Waals surface area contributed by atoms with E-state index in [1.54, 1.807) is 16.7 Å². The number of aromatic nitrogens is 6. The van der Waals surface area contributed by atoms with E-state index < -0.39 is 5.54 Å². The maximum absolute atomic E-state index is 13.6. The van der Waals surface area contributed by atoms with Crippen molar-refractivity contribution >= 4 is 16.6 Å². The molecule has 0 radical (unpaired) electrons. The Morgan fingerprint density at radius 3 is 1.82 bits per heavy atom. The highest BCUT2D eigenvalue weighted by molar-refractivity contribution is 5.82. The van der Waals surface area contributed by atoms with Crippen molar-refractivity contribution in [1.29, 1.82) is 0 Å². The monoisotopic (exact) mass is 665 g/mol. The summed E-state index contributed by atoms with van der Waals surface area (Å²) in [5.74, 6) is 1.36. The highest BCUT2D eigenvalue weighted by atomic mass is 16.1. The van der Waals surface area contributed by atoms with Crippen LogP contribution >= 0.6 is 0 Å². The van der Waals surface area contributed by atoms with Crippen LogP contribution in [0.3, 0.4) is 0 Å². The number of anilines is 1. The number of nitrogen functional groups attached to an aromatic ring is 1. The Labute approximate surface area is 295 Å². The molecular formula is C43H35N7O. The maximum atomic E-state index is 13.6. The van der Waals surface area contributed by atoms with Gasteiger partial charge < -0.3 is 5.73 Å². The van der Waals surface area contributed by atoms with Crippen LogP contribution in [0.5, 0.6) is 0 Å². The van der Waals surface area contributed by atoms with Crippen molar-refractivity contribution in [2.24, 2.45) is 0 Å². The van der Waals surface area contributed by atoms with E-state index in [0.29, 0.717) is 35.4 Å². The fourth-order valence-corrected chi connectivity index (χ4v) is 7.11. The maximum Gasteiger partial charge on any atom is 0.261 e. The first-order valence-electron chi connectivity index (χ1n) is 17.0. The normalized spacial score (nSPS) is 11.5. The zero-order valence-corrected chi connectivity index (χ0v) is 28.1. The van der Waals surface area contributed by atoms with Gasteiger partial charge in [0.25, 0.3) is 5.56 Å². The predicted molar refractivity (Wildman–Crippen MR) is 202 cm³/mol. The molecule has 2 N–H and O–H groups in total. The predicted octanol–water partition coefficient (Wildman–Crippen LogP) is 7.75. The molecule has 8 heteroatoms. The molecule has 0 amide bonds. The molecule has 0 aliphatic carbocycles. The van der Waals surface area contributed by atoms with Crippen molar-refractivity contribution in [2.75, 3.05) is 5.73 Å². The number of nitrogens with two attached hydrogens (primary N) is 1. The van der Waals surface area contributed by atoms with Gasteiger partial charge in [-0.3, -0.25) is 9.36 Å². The average molecular weight is 666 g/mol. The molecule has 8 aromatic rings. The van der Waals surface area contributed by atoms with E-state index in [1.807, 2.05) is 48.0 Å². The van der Waals surface area contributed by atoms with Crippen LogP contribution in [-0.4, -0.2) is 29.8 Å². The third-order valence-electron chi connectivity index (χ3n) is 9.51. The van der Waals surface area contributed by atoms with Gasteiger partial charge >= 0.3 is 0 Å². The van der Waals surface area contributed by atoms with Gasteiger partial charge in [0, 0.05) is 17.7 Å². The van der Waals surface area contributed by atoms with Crippen LogP contribution in [0.25, 0.3) is 33.4 Å². The van der Waals surface area contributed by atoms with Gasteiger partial charge in [0.1, 0.15) is 11.4 Å². The minimum atomic E-state index is -0.873. The van der Waals surface area contributed by atoms with Gasteiger partial charge in [-0.05, 0) is 62.0 Å². The zero-order chi connectivity index (χ0) is 34.8. The number of benzene rings is 6. The Hall–Kier alpha value is -6.67. The molecule has 248 valence electrons. The van der Waals surface area contributed by atoms with Gasteiger partial charge in [0.05, 0.1) is 17.4 Å². The number of aryl methyl sites for hydroxylation is 1. The summed E-state index contributed by atoms with van der Waals surface area (Å²) in [6, 6.07) is 53.0. The summed E-state index contributed by atoms with van der Waals surface area (Å²) in [7, 11) is 0. The number of rotatable bonds is 9. The summed E-state index contributed by atoms with van der Waals surface area (Å²) in [6.07, 6.45) is 0.631. The van der Waals surface area contributed by atoms with Crippen LogP contribution in [0.15, 0.2) is 163 Å². The molecular weight excluding hydrogens is 631 g/mol. The lowest BCUT2D eigenvalue weighted by atomic mass is 9.77. The second-order valence-electron chi connectivity index (χ2n) is 12.5. The molecule has 0 saturated carbocycles. The van der Waals surface area contributed by atoms with E-state index in [4.69, 9.17) is 21.0 Å². The van der Waals surface area contributed by atoms with E-state index >= 15 is 0 Å². The van der Waals surface area contributed by atoms with E-state index in [2.05, 4.69) is 114 Å². The van der Waals surface area contributed by atoms with E-state index in [9.17, 15) is 4.79 Å². The molecule has 0 unspecified atom stereocenters. The van der Waals surface area contributed by atoms with Crippen molar-refractivity contribution in [3.8, 4) is 22.5 Å². The second-order valence-corrected chi connectivity index (χ2v) is 12.5. The molecule has 0 spiro atoms. The fourth-order valence-electron chi connectivity index (χ4n) is 7.11. The largest absolute Gasteiger partial charge is 0.399 e. The molecule has 0 aliphatic rings. The van der Waals surface area contributed by atoms with Crippen molar-refractivity contribution < 1.29 is 0 Å². The van der Waals surface area contributed by atoms with E-state index in [1.165, 1.54) is 0 Å². The number of hydrogen-bond acceptors (Lipinski definition) is 6. The van der Waals surface area contributed by atoms with Crippen LogP contribution in [0.4, 0.5) is 5.69 Å². The number of fused-ring (bicyclic) bond motifs is 1. The Morgan fingerprint density at radius 2 is 1.24 bits per heavy atom. The summed E-state index contributed by atoms with van der Waals surface area (Å²) in [5, 5.41) is 14.3. The molecule has 2 heterocycles. The lowest BCUT2D eigenvalue weighted by Gasteiger charge is -2.36. The Kier molecular flexibility index (Phi) is 8.25. The number of tetrazole rings is 1. The molecule has 8 nitrogen and oxygen atoms in total. The van der Waals surface area contributed by atoms with E-state index in [-0.39, 0.29) is 5.56 Å². The van der Waals surface area contributed by atoms with Crippen molar-refractivity contribution in [3.63, 3.8) is 0 Å². The molecule has 51 heavy (non-hydrogen) atoms. The number of nitrogens with zero attached hydrogens (tertiary/aromatic N) is 6. The highest BCUT2D eigenvalue weighted by Gasteiger charge is 2.42. The average Bonchev–Trinajstić information content (AvgIpc) is 3.68. The summed E-state index contributed by atoms with van der Waals surface area (Å²) in [5.41, 5.74) is 13.2. The Bertz CT molecular complexity index is 2410. The molecule has 8 rings (SSSR count). The topological polar surface area (TPSA) is 105 Å². The Balaban J connectivity index is 1.24. The fraction of sp³-hybridized carbons (Fsp3) is 0.0930. The van der Waals surface area contributed by atoms with Gasteiger partial charge in [-0.25, -0.2) is 9.67 Å². The van der Waals surface area contributed by atoms with Crippen LogP contribution in [0.2, 0.25) is 0 Å². The van der Waals surface area contributed by atoms with E-state index in [0.717, 1.165) is 44.8 Å². The van der Waals surface area contributed by atoms with Gasteiger partial charge in [-0.15, -0.1) is 5.10 Å². The molecule has 0 atom stereocenters. The lowest BCUT2D eigenvalue weighted by molar-refractivity contribution is 0.451. The lowest BCUT2D eigenvalue weighted by Crippen LogP contribution is -2.39. The van der Waals surface area contributed by atoms with Gasteiger partial charge in [0.15, 0.2) is 5.82 Å². The molecule has 2 aromatic heterocycles. The first kappa shape index (κ1) is 31.6. The van der Waals surface area contributed by atoms with Crippen LogP contribution < -0.4 is 11.3 Å². The SMILES string of the molecule is CCc1nc2ccc(N)cc2c(=O)n1Cc1ccc(-c2ccccc2-c2nnnn2C(c2ccccc2)(c2ccccc2)c2ccccc2)cc1. The smallest absolute Gasteiger partial charge is 0.261 e. The van der Waals surface area contributed by atoms with Crippen molar-refractivity contribution in [2.45, 2.75) is 25.4 Å². The standard InChI is InChI=1S/C43H35N7O/c1-2-40-45-39-27-26-35(44)28-38(39)42(51)49(40)29-30-22-24-31(25-23-30)36-20-12-13-21-37(36)41-46-47-48-50(41)43(32-14-6-3-7-15-32,33-16-8-4-9-17-33)34-18-10-5-11-19-34/h3-28H,2,29,44H2,1H3. The first-order chi connectivity index (χ1) is 25.1. The molecule has 6 aromatic carbocycles. The van der Waals surface area contributed by atoms with Crippen molar-refractivity contribution in [1.82, 2.24) is 29.8 Å². The minimum Gasteiger partial charge on any atom is -0.399 e. The molecule has 0 bridgehead atoms. The highest BCUT2D eigenvalue weighted by Crippen LogP contribution is 2.43. The van der Waals surface area contributed by atoms with Crippen molar-refractivity contribution in [3.05, 3.63) is 196 Å². The summed E-state index contributed by atoms with van der Waals surface area (Å²) >= 11 is 0. The van der Waals surface area contributed by atoms with Gasteiger partial charge in [0.2, 0.25) is 0 Å². The summed E-state index contributed by atoms with van der Waals surface area (Å²) < 4.78 is 3.70. The third-order valence-corrected chi connectivity index (χ3v) is 9.51. The molecule has 0 saturated heterocycles. The Morgan fingerprint density at radius 1 is 0.667 bits per heavy atom. The minimum absolute atomic E-state index is 0.0934. The molecule has 0 fully saturated rings. The number of hydrogen-bond donors (Lipinski definition) is 1. The first-order valence-corrected chi connectivity index (χ1v) is 17.0. The summed E-state index contributed by atoms with van der Waals surface area (Å²) in [4.78, 5) is 18.4. The summed E-state index contributed by atoms with van der Waals surface area (Å²) in [6.45, 7) is 2.41. The van der Waals surface area contributed by atoms with Crippen LogP contribution in [0.1, 0.15) is 35.0 Å². The van der Waals surface area contributed by atoms with Gasteiger partial charge in [-0.1, -0.05) is 146 Å². The van der Waals surface area contributed by atoms with Crippen LogP contribution in [0, 0.1) is 0 Å². The quantitative estimate of drug-likeness (QED) is 0.125. The van der Waals surface area contributed by atoms with Gasteiger partial charge in [-0.2, -0.15) is 0 Å². The second kappa shape index (κ2) is 13.3.